The highest BCUT2D eigenvalue weighted by atomic mass is 35.5. The highest BCUT2D eigenvalue weighted by Gasteiger charge is 2.27. The van der Waals surface area contributed by atoms with Crippen LogP contribution in [-0.2, 0) is 4.79 Å². The number of rotatable bonds is 9. The van der Waals surface area contributed by atoms with E-state index in [4.69, 9.17) is 26.2 Å². The number of likely N-dealkylation sites (tertiary alicyclic amines) is 1. The van der Waals surface area contributed by atoms with E-state index in [0.717, 1.165) is 37.0 Å². The third-order valence-corrected chi connectivity index (χ3v) is 8.44. The van der Waals surface area contributed by atoms with E-state index in [1.54, 1.807) is 18.2 Å². The predicted molar refractivity (Wildman–Crippen MR) is 140 cm³/mol. The molecule has 11 heteroatoms. The van der Waals surface area contributed by atoms with Crippen molar-refractivity contribution in [2.24, 2.45) is 5.92 Å². The number of carbonyl (C=O) groups is 3. The minimum Gasteiger partial charge on any atom is -0.493 e. The van der Waals surface area contributed by atoms with Gasteiger partial charge < -0.3 is 29.9 Å². The van der Waals surface area contributed by atoms with Crippen LogP contribution in [0.25, 0.3) is 10.4 Å². The molecule has 1 aliphatic carbocycles. The number of hydrogen-bond acceptors (Lipinski definition) is 6. The minimum absolute atomic E-state index is 0.0410. The highest BCUT2D eigenvalue weighted by molar-refractivity contribution is 7.18. The summed E-state index contributed by atoms with van der Waals surface area (Å²) in [6.45, 7) is 1.22. The number of aromatic carboxylic acids is 1. The average Bonchev–Trinajstić information content (AvgIpc) is 3.23. The highest BCUT2D eigenvalue weighted by Crippen LogP contribution is 2.46. The summed E-state index contributed by atoms with van der Waals surface area (Å²) in [7, 11) is 0. The van der Waals surface area contributed by atoms with Gasteiger partial charge in [-0.05, 0) is 49.3 Å². The Hall–Kier alpha value is -2.98. The molecule has 2 heterocycles. The number of urea groups is 1. The number of carboxylic acids is 2. The van der Waals surface area contributed by atoms with Gasteiger partial charge in [-0.2, -0.15) is 0 Å². The summed E-state index contributed by atoms with van der Waals surface area (Å²) in [6.07, 6.45) is 7.49. The molecule has 0 spiro atoms. The molecule has 0 bridgehead atoms. The van der Waals surface area contributed by atoms with Gasteiger partial charge in [0.1, 0.15) is 10.8 Å². The van der Waals surface area contributed by atoms with Gasteiger partial charge in [-0.1, -0.05) is 43.0 Å². The largest absolute Gasteiger partial charge is 0.493 e. The van der Waals surface area contributed by atoms with Crippen LogP contribution in [0.2, 0.25) is 5.02 Å². The van der Waals surface area contributed by atoms with Gasteiger partial charge in [0, 0.05) is 19.1 Å². The lowest BCUT2D eigenvalue weighted by molar-refractivity contribution is -0.139. The Morgan fingerprint density at radius 1 is 1.05 bits per heavy atom. The molecule has 2 aliphatic rings. The summed E-state index contributed by atoms with van der Waals surface area (Å²) >= 11 is 7.32. The molecule has 2 amide bonds. The van der Waals surface area contributed by atoms with E-state index in [9.17, 15) is 19.5 Å². The number of thiophene rings is 1. The van der Waals surface area contributed by atoms with Gasteiger partial charge in [0.25, 0.3) is 0 Å². The first kappa shape index (κ1) is 27.1. The van der Waals surface area contributed by atoms with E-state index in [1.165, 1.54) is 19.3 Å². The second kappa shape index (κ2) is 12.5. The van der Waals surface area contributed by atoms with E-state index in [2.05, 4.69) is 5.32 Å². The first-order valence-corrected chi connectivity index (χ1v) is 13.7. The number of nitrogens with zero attached hydrogens (tertiary/aromatic N) is 1. The quantitative estimate of drug-likeness (QED) is 0.383. The topological polar surface area (TPSA) is 125 Å². The summed E-state index contributed by atoms with van der Waals surface area (Å²) in [5.41, 5.74) is 0.648. The van der Waals surface area contributed by atoms with Crippen molar-refractivity contribution in [3.63, 3.8) is 0 Å². The van der Waals surface area contributed by atoms with Crippen LogP contribution in [0.5, 0.6) is 11.5 Å². The van der Waals surface area contributed by atoms with Crippen molar-refractivity contribution in [2.75, 3.05) is 26.3 Å². The van der Waals surface area contributed by atoms with Crippen molar-refractivity contribution >= 4 is 40.9 Å². The van der Waals surface area contributed by atoms with E-state index in [1.807, 2.05) is 11.0 Å². The first-order chi connectivity index (χ1) is 17.8. The van der Waals surface area contributed by atoms with Crippen molar-refractivity contribution in [1.29, 1.82) is 0 Å². The van der Waals surface area contributed by atoms with Crippen LogP contribution in [0.3, 0.4) is 0 Å². The number of carbonyl (C=O) groups excluding carboxylic acids is 1. The standard InChI is InChI=1S/C26H31ClN2O7S/c27-21-22(36-15-20(30)31)24(25(32)33)37-23(21)17-5-4-8-19(13-17)35-14-16-9-11-29(12-10-16)26(34)28-18-6-2-1-3-7-18/h4-5,8,13,16,18H,1-3,6-7,9-12,14-15H2,(H,28,34)(H,30,31)(H,32,33). The van der Waals surface area contributed by atoms with Crippen LogP contribution < -0.4 is 14.8 Å². The number of nitrogens with one attached hydrogen (secondary N) is 1. The fourth-order valence-corrected chi connectivity index (χ4v) is 6.14. The van der Waals surface area contributed by atoms with Crippen LogP contribution in [0.1, 0.15) is 54.6 Å². The molecular weight excluding hydrogens is 520 g/mol. The van der Waals surface area contributed by atoms with Gasteiger partial charge in [0.2, 0.25) is 0 Å². The molecule has 1 aliphatic heterocycles. The molecule has 1 saturated carbocycles. The Labute approximate surface area is 224 Å². The van der Waals surface area contributed by atoms with Crippen LogP contribution >= 0.6 is 22.9 Å². The van der Waals surface area contributed by atoms with E-state index in [-0.39, 0.29) is 21.7 Å². The fraction of sp³-hybridized carbons (Fsp3) is 0.500. The molecule has 9 nitrogen and oxygen atoms in total. The molecule has 2 fully saturated rings. The molecule has 3 N–H and O–H groups in total. The second-order valence-electron chi connectivity index (χ2n) is 9.44. The predicted octanol–water partition coefficient (Wildman–Crippen LogP) is 5.36. The van der Waals surface area contributed by atoms with Crippen molar-refractivity contribution < 1.29 is 34.1 Å². The van der Waals surface area contributed by atoms with Gasteiger partial charge in [-0.15, -0.1) is 11.3 Å². The lowest BCUT2D eigenvalue weighted by atomic mass is 9.95. The molecule has 0 radical (unpaired) electrons. The number of carboxylic acid groups (broad SMARTS) is 2. The third-order valence-electron chi connectivity index (χ3n) is 6.76. The molecule has 1 aromatic heterocycles. The lowest BCUT2D eigenvalue weighted by Crippen LogP contribution is -2.48. The lowest BCUT2D eigenvalue weighted by Gasteiger charge is -2.33. The number of halogens is 1. The van der Waals surface area contributed by atoms with Crippen molar-refractivity contribution in [1.82, 2.24) is 10.2 Å². The maximum Gasteiger partial charge on any atom is 0.349 e. The summed E-state index contributed by atoms with van der Waals surface area (Å²) in [4.78, 5) is 37.3. The summed E-state index contributed by atoms with van der Waals surface area (Å²) in [5, 5.41) is 21.6. The molecule has 37 heavy (non-hydrogen) atoms. The van der Waals surface area contributed by atoms with Crippen LogP contribution in [0.15, 0.2) is 24.3 Å². The van der Waals surface area contributed by atoms with Gasteiger partial charge >= 0.3 is 18.0 Å². The molecular formula is C26H31ClN2O7S. The van der Waals surface area contributed by atoms with Gasteiger partial charge in [-0.25, -0.2) is 14.4 Å². The summed E-state index contributed by atoms with van der Waals surface area (Å²) < 4.78 is 11.2. The molecule has 2 aromatic rings. The number of aliphatic carboxylic acids is 1. The van der Waals surface area contributed by atoms with Gasteiger partial charge in [0.15, 0.2) is 17.2 Å². The van der Waals surface area contributed by atoms with Crippen LogP contribution in [0, 0.1) is 5.92 Å². The van der Waals surface area contributed by atoms with Gasteiger partial charge in [0.05, 0.1) is 11.5 Å². The maximum absolute atomic E-state index is 12.6. The summed E-state index contributed by atoms with van der Waals surface area (Å²) in [5.74, 6) is -1.69. The molecule has 0 unspecified atom stereocenters. The van der Waals surface area contributed by atoms with Crippen LogP contribution in [0.4, 0.5) is 4.79 Å². The normalized spacial score (nSPS) is 16.8. The molecule has 4 rings (SSSR count). The Kier molecular flexibility index (Phi) is 9.15. The zero-order valence-electron chi connectivity index (χ0n) is 20.4. The van der Waals surface area contributed by atoms with E-state index >= 15 is 0 Å². The Morgan fingerprint density at radius 3 is 2.46 bits per heavy atom. The monoisotopic (exact) mass is 550 g/mol. The zero-order chi connectivity index (χ0) is 26.4. The molecule has 1 aromatic carbocycles. The van der Waals surface area contributed by atoms with Crippen molar-refractivity contribution in [2.45, 2.75) is 51.0 Å². The zero-order valence-corrected chi connectivity index (χ0v) is 22.0. The van der Waals surface area contributed by atoms with Crippen molar-refractivity contribution in [3.8, 4) is 21.9 Å². The maximum atomic E-state index is 12.6. The Bertz CT molecular complexity index is 1120. The first-order valence-electron chi connectivity index (χ1n) is 12.5. The number of benzene rings is 1. The molecule has 0 atom stereocenters. The summed E-state index contributed by atoms with van der Waals surface area (Å²) in [6, 6.07) is 7.50. The number of ether oxygens (including phenoxy) is 2. The third kappa shape index (κ3) is 7.07. The minimum atomic E-state index is -1.25. The Balaban J connectivity index is 1.33. The Morgan fingerprint density at radius 2 is 1.78 bits per heavy atom. The van der Waals surface area contributed by atoms with E-state index < -0.39 is 18.5 Å². The van der Waals surface area contributed by atoms with Gasteiger partial charge in [-0.3, -0.25) is 0 Å². The average molecular weight is 551 g/mol. The van der Waals surface area contributed by atoms with E-state index in [0.29, 0.717) is 47.8 Å². The van der Waals surface area contributed by atoms with Crippen LogP contribution in [-0.4, -0.2) is 65.4 Å². The second-order valence-corrected chi connectivity index (χ2v) is 10.8. The number of hydrogen-bond donors (Lipinski definition) is 3. The fourth-order valence-electron chi connectivity index (χ4n) is 4.74. The smallest absolute Gasteiger partial charge is 0.349 e. The van der Waals surface area contributed by atoms with Crippen molar-refractivity contribution in [3.05, 3.63) is 34.2 Å². The SMILES string of the molecule is O=C(O)COc1c(C(=O)O)sc(-c2cccc(OCC3CCN(C(=O)NC4CCCCC4)CC3)c2)c1Cl. The number of amides is 2. The molecule has 200 valence electrons. The molecule has 1 saturated heterocycles. The number of piperidine rings is 1.